The summed E-state index contributed by atoms with van der Waals surface area (Å²) in [6.07, 6.45) is 10.8. The Balaban J connectivity index is 5.28. The van der Waals surface area contributed by atoms with Crippen molar-refractivity contribution in [3.05, 3.63) is 0 Å². The molecule has 0 aliphatic heterocycles. The summed E-state index contributed by atoms with van der Waals surface area (Å²) in [7, 11) is 0. The van der Waals surface area contributed by atoms with E-state index in [1.165, 1.54) is 70.4 Å². The molecule has 0 aliphatic rings. The lowest BCUT2D eigenvalue weighted by Crippen LogP contribution is -2.50. The Morgan fingerprint density at radius 3 is 1.21 bits per heavy atom. The summed E-state index contributed by atoms with van der Waals surface area (Å²) in [4.78, 5) is 5.12. The Labute approximate surface area is 153 Å². The molecular weight excluding hydrogens is 294 g/mol. The van der Waals surface area contributed by atoms with Gasteiger partial charge in [-0.3, -0.25) is 14.4 Å². The molecule has 0 N–H and O–H groups in total. The van der Waals surface area contributed by atoms with Crippen molar-refractivity contribution in [3.63, 3.8) is 0 Å². The Kier molecular flexibility index (Phi) is 15.3. The molecule has 0 bridgehead atoms. The van der Waals surface area contributed by atoms with Crippen LogP contribution >= 0.6 is 0 Å². The average molecular weight is 341 g/mol. The van der Waals surface area contributed by atoms with E-state index in [-0.39, 0.29) is 0 Å². The minimum Gasteiger partial charge on any atom is -0.265 e. The zero-order valence-corrected chi connectivity index (χ0v) is 17.7. The van der Waals surface area contributed by atoms with Crippen LogP contribution in [-0.4, -0.2) is 59.6 Å². The molecule has 144 valence electrons. The van der Waals surface area contributed by atoms with Crippen LogP contribution in [0.4, 0.5) is 0 Å². The number of rotatable bonds is 14. The van der Waals surface area contributed by atoms with E-state index in [0.29, 0.717) is 0 Å². The fraction of sp³-hybridized carbons (Fsp3) is 0.952. The monoisotopic (exact) mass is 340 g/mol. The summed E-state index contributed by atoms with van der Waals surface area (Å²) < 4.78 is 2.70. The second kappa shape index (κ2) is 15.8. The van der Waals surface area contributed by atoms with E-state index in [1.54, 1.807) is 0 Å². The number of nitrogens with zero attached hydrogens (tertiary/aromatic N) is 3. The molecule has 0 aromatic carbocycles. The molecule has 0 aliphatic carbocycles. The van der Waals surface area contributed by atoms with Gasteiger partial charge >= 0.3 is 5.96 Å². The molecule has 0 atom stereocenters. The number of hydrogen-bond acceptors (Lipinski definition) is 0. The number of guanidine groups is 1. The van der Waals surface area contributed by atoms with Gasteiger partial charge in [-0.05, 0) is 40.5 Å². The highest BCUT2D eigenvalue weighted by Gasteiger charge is 2.25. The molecule has 0 spiro atoms. The fourth-order valence-corrected chi connectivity index (χ4v) is 3.38. The Hall–Kier alpha value is -0.730. The van der Waals surface area contributed by atoms with Gasteiger partial charge in [0.05, 0.1) is 39.3 Å². The number of unbranched alkanes of at least 4 members (excludes halogenated alkanes) is 6. The lowest BCUT2D eigenvalue weighted by atomic mass is 10.2. The second-order valence-corrected chi connectivity index (χ2v) is 6.75. The van der Waals surface area contributed by atoms with E-state index >= 15 is 0 Å². The zero-order chi connectivity index (χ0) is 18.2. The molecule has 0 saturated carbocycles. The zero-order valence-electron chi connectivity index (χ0n) is 17.7. The maximum Gasteiger partial charge on any atom is 0.350 e. The van der Waals surface area contributed by atoms with Crippen LogP contribution in [0.25, 0.3) is 0 Å². The predicted molar refractivity (Wildman–Crippen MR) is 109 cm³/mol. The van der Waals surface area contributed by atoms with Crippen molar-refractivity contribution < 1.29 is 4.58 Å². The first kappa shape index (κ1) is 23.3. The molecule has 0 aromatic heterocycles. The van der Waals surface area contributed by atoms with Gasteiger partial charge in [-0.2, -0.15) is 0 Å². The van der Waals surface area contributed by atoms with Crippen molar-refractivity contribution in [2.45, 2.75) is 92.9 Å². The molecule has 3 heteroatoms. The Bertz CT molecular complexity index is 276. The summed E-state index contributed by atoms with van der Waals surface area (Å²) in [6.45, 7) is 20.6. The van der Waals surface area contributed by atoms with Crippen LogP contribution in [0.2, 0.25) is 0 Å². The van der Waals surface area contributed by atoms with Gasteiger partial charge in [-0.25, -0.2) is 0 Å². The van der Waals surface area contributed by atoms with Crippen molar-refractivity contribution in [2.75, 3.05) is 39.3 Å². The van der Waals surface area contributed by atoms with Gasteiger partial charge in [0.2, 0.25) is 0 Å². The van der Waals surface area contributed by atoms with Crippen molar-refractivity contribution in [1.29, 1.82) is 0 Å². The van der Waals surface area contributed by atoms with Crippen molar-refractivity contribution in [2.24, 2.45) is 0 Å². The molecule has 0 aromatic rings. The third-order valence-electron chi connectivity index (χ3n) is 4.94. The van der Waals surface area contributed by atoms with Crippen molar-refractivity contribution in [3.8, 4) is 0 Å². The number of hydrogen-bond donors (Lipinski definition) is 0. The summed E-state index contributed by atoms with van der Waals surface area (Å²) in [5.74, 6) is 1.48. The van der Waals surface area contributed by atoms with Gasteiger partial charge in [0.25, 0.3) is 0 Å². The minimum absolute atomic E-state index is 1.10. The van der Waals surface area contributed by atoms with Crippen LogP contribution in [0.5, 0.6) is 0 Å². The smallest absolute Gasteiger partial charge is 0.265 e. The van der Waals surface area contributed by atoms with Crippen LogP contribution in [0, 0.1) is 0 Å². The summed E-state index contributed by atoms with van der Waals surface area (Å²) in [5, 5.41) is 0. The lowest BCUT2D eigenvalue weighted by molar-refractivity contribution is -0.539. The van der Waals surface area contributed by atoms with Crippen LogP contribution in [0.15, 0.2) is 0 Å². The van der Waals surface area contributed by atoms with E-state index in [0.717, 1.165) is 26.2 Å². The van der Waals surface area contributed by atoms with E-state index in [9.17, 15) is 0 Å². The third-order valence-corrected chi connectivity index (χ3v) is 4.94. The van der Waals surface area contributed by atoms with Crippen LogP contribution < -0.4 is 0 Å². The van der Waals surface area contributed by atoms with Crippen LogP contribution in [0.1, 0.15) is 92.9 Å². The molecule has 3 nitrogen and oxygen atoms in total. The molecule has 24 heavy (non-hydrogen) atoms. The maximum atomic E-state index is 2.70. The summed E-state index contributed by atoms with van der Waals surface area (Å²) in [5.41, 5.74) is 0. The Morgan fingerprint density at radius 1 is 0.542 bits per heavy atom. The van der Waals surface area contributed by atoms with Gasteiger partial charge in [-0.15, -0.1) is 0 Å². The molecular formula is C21H46N3+. The maximum absolute atomic E-state index is 2.70. The van der Waals surface area contributed by atoms with Crippen molar-refractivity contribution >= 4 is 5.96 Å². The van der Waals surface area contributed by atoms with E-state index < -0.39 is 0 Å². The van der Waals surface area contributed by atoms with Gasteiger partial charge in [0.1, 0.15) is 0 Å². The van der Waals surface area contributed by atoms with Crippen LogP contribution in [0.3, 0.4) is 0 Å². The van der Waals surface area contributed by atoms with Crippen LogP contribution in [-0.2, 0) is 0 Å². The first-order chi connectivity index (χ1) is 11.7. The normalized spacial score (nSPS) is 10.8. The topological polar surface area (TPSA) is 9.49 Å². The Morgan fingerprint density at radius 2 is 0.917 bits per heavy atom. The highest BCUT2D eigenvalue weighted by molar-refractivity contribution is 5.75. The minimum atomic E-state index is 1.10. The molecule has 0 unspecified atom stereocenters. The van der Waals surface area contributed by atoms with Gasteiger partial charge in [0, 0.05) is 0 Å². The average Bonchev–Trinajstić information content (AvgIpc) is 2.61. The molecule has 0 amide bonds. The molecule has 0 rings (SSSR count). The van der Waals surface area contributed by atoms with Gasteiger partial charge < -0.3 is 0 Å². The first-order valence-corrected chi connectivity index (χ1v) is 10.8. The van der Waals surface area contributed by atoms with E-state index in [4.69, 9.17) is 0 Å². The SMILES string of the molecule is CCCCCC[N+](CCCCCC)=C(N(CC)CC)N(CC)CC. The highest BCUT2D eigenvalue weighted by Crippen LogP contribution is 2.07. The third kappa shape index (κ3) is 8.94. The molecule has 0 heterocycles. The summed E-state index contributed by atoms with van der Waals surface area (Å²) >= 11 is 0. The van der Waals surface area contributed by atoms with Gasteiger partial charge in [-0.1, -0.05) is 52.4 Å². The summed E-state index contributed by atoms with van der Waals surface area (Å²) in [6, 6.07) is 0. The first-order valence-electron chi connectivity index (χ1n) is 10.8. The highest BCUT2D eigenvalue weighted by atomic mass is 15.4. The van der Waals surface area contributed by atoms with Crippen molar-refractivity contribution in [1.82, 2.24) is 9.80 Å². The standard InChI is InChI=1S/C21H46N3/c1-7-13-15-17-19-24(20-18-16-14-8-2)21(22(9-3)10-4)23(11-5)12-6/h7-20H2,1-6H3/q+1. The van der Waals surface area contributed by atoms with E-state index in [1.807, 2.05) is 0 Å². The predicted octanol–water partition coefficient (Wildman–Crippen LogP) is 5.20. The van der Waals surface area contributed by atoms with Gasteiger partial charge in [0.15, 0.2) is 0 Å². The molecule has 0 radical (unpaired) electrons. The molecule has 0 fully saturated rings. The van der Waals surface area contributed by atoms with E-state index in [2.05, 4.69) is 55.9 Å². The molecule has 0 saturated heterocycles. The fourth-order valence-electron chi connectivity index (χ4n) is 3.38. The lowest BCUT2D eigenvalue weighted by Gasteiger charge is -2.28. The quantitative estimate of drug-likeness (QED) is 0.186. The second-order valence-electron chi connectivity index (χ2n) is 6.75. The largest absolute Gasteiger partial charge is 0.350 e.